The quantitative estimate of drug-likeness (QED) is 0.690. The van der Waals surface area contributed by atoms with Gasteiger partial charge in [0.05, 0.1) is 11.5 Å². The van der Waals surface area contributed by atoms with Crippen LogP contribution in [0.3, 0.4) is 0 Å². The molecule has 3 rings (SSSR count). The first-order chi connectivity index (χ1) is 13.9. The predicted octanol–water partition coefficient (Wildman–Crippen LogP) is 3.54. The highest BCUT2D eigenvalue weighted by atomic mass is 32.1. The van der Waals surface area contributed by atoms with E-state index in [0.717, 1.165) is 29.0 Å². The summed E-state index contributed by atoms with van der Waals surface area (Å²) in [4.78, 5) is 25.8. The molecule has 156 valence electrons. The molecule has 2 aromatic rings. The maximum Gasteiger partial charge on any atom is 0.262 e. The molecule has 2 amide bonds. The number of rotatable bonds is 8. The highest BCUT2D eigenvalue weighted by Gasteiger charge is 2.26. The van der Waals surface area contributed by atoms with Gasteiger partial charge in [0.25, 0.3) is 5.91 Å². The van der Waals surface area contributed by atoms with Crippen molar-refractivity contribution in [1.29, 1.82) is 0 Å². The van der Waals surface area contributed by atoms with Crippen molar-refractivity contribution in [3.05, 3.63) is 45.6 Å². The molecule has 0 fully saturated rings. The Morgan fingerprint density at radius 1 is 1.34 bits per heavy atom. The van der Waals surface area contributed by atoms with Crippen LogP contribution in [0.2, 0.25) is 0 Å². The Labute approximate surface area is 175 Å². The smallest absolute Gasteiger partial charge is 0.262 e. The number of benzene rings is 1. The molecule has 1 aliphatic heterocycles. The number of ether oxygens (including phenoxy) is 2. The molecule has 2 unspecified atom stereocenters. The molecule has 0 saturated carbocycles. The fraction of sp³-hybridized carbons (Fsp3) is 0.455. The summed E-state index contributed by atoms with van der Waals surface area (Å²) in [5.74, 6) is 1.10. The van der Waals surface area contributed by atoms with E-state index in [1.165, 1.54) is 11.3 Å². The van der Waals surface area contributed by atoms with Gasteiger partial charge in [-0.15, -0.1) is 11.3 Å². The minimum absolute atomic E-state index is 0.0468. The summed E-state index contributed by atoms with van der Waals surface area (Å²) in [6, 6.07) is 6.89. The summed E-state index contributed by atoms with van der Waals surface area (Å²) >= 11 is 1.35. The van der Waals surface area contributed by atoms with Crippen molar-refractivity contribution < 1.29 is 19.1 Å². The van der Waals surface area contributed by atoms with E-state index in [1.807, 2.05) is 51.3 Å². The first-order valence-corrected chi connectivity index (χ1v) is 10.8. The maximum atomic E-state index is 12.8. The van der Waals surface area contributed by atoms with Gasteiger partial charge in [0.15, 0.2) is 0 Å². The lowest BCUT2D eigenvalue weighted by Crippen LogP contribution is -2.49. The highest BCUT2D eigenvalue weighted by Crippen LogP contribution is 2.35. The molecule has 0 aliphatic carbocycles. The second kappa shape index (κ2) is 9.31. The van der Waals surface area contributed by atoms with Crippen LogP contribution in [-0.2, 0) is 17.8 Å². The summed E-state index contributed by atoms with van der Waals surface area (Å²) in [5, 5.41) is 7.63. The maximum absolute atomic E-state index is 12.8. The van der Waals surface area contributed by atoms with Gasteiger partial charge in [0, 0.05) is 24.1 Å². The first kappa shape index (κ1) is 21.2. The topological polar surface area (TPSA) is 76.7 Å². The highest BCUT2D eigenvalue weighted by molar-refractivity contribution is 7.12. The number of hydrogen-bond donors (Lipinski definition) is 2. The molecule has 6 nitrogen and oxygen atoms in total. The van der Waals surface area contributed by atoms with Crippen molar-refractivity contribution in [2.45, 2.75) is 52.8 Å². The predicted molar refractivity (Wildman–Crippen MR) is 114 cm³/mol. The molecule has 1 aliphatic rings. The van der Waals surface area contributed by atoms with Gasteiger partial charge in [-0.1, -0.05) is 19.9 Å². The number of thiophene rings is 1. The Morgan fingerprint density at radius 2 is 2.14 bits per heavy atom. The van der Waals surface area contributed by atoms with Crippen molar-refractivity contribution >= 4 is 23.2 Å². The van der Waals surface area contributed by atoms with Crippen LogP contribution in [0.1, 0.15) is 48.5 Å². The van der Waals surface area contributed by atoms with Crippen molar-refractivity contribution in [2.75, 3.05) is 6.61 Å². The van der Waals surface area contributed by atoms with Crippen LogP contribution in [-0.4, -0.2) is 30.6 Å². The summed E-state index contributed by atoms with van der Waals surface area (Å²) in [6.07, 6.45) is 0.994. The van der Waals surface area contributed by atoms with Crippen LogP contribution in [0.25, 0.3) is 0 Å². The SMILES string of the molecule is CCOc1cc2c(cc1CNC(=O)C(NC(=O)c1cccs1)C(C)C)OC(C)C2. The number of fused-ring (bicyclic) bond motifs is 1. The number of carbonyl (C=O) groups is 2. The fourth-order valence-corrected chi connectivity index (χ4v) is 3.98. The zero-order valence-electron chi connectivity index (χ0n) is 17.3. The second-order valence-electron chi connectivity index (χ2n) is 7.52. The Hall–Kier alpha value is -2.54. The third-order valence-electron chi connectivity index (χ3n) is 4.81. The van der Waals surface area contributed by atoms with Crippen molar-refractivity contribution in [3.63, 3.8) is 0 Å². The molecule has 1 aromatic heterocycles. The summed E-state index contributed by atoms with van der Waals surface area (Å²) < 4.78 is 11.6. The molecule has 0 saturated heterocycles. The largest absolute Gasteiger partial charge is 0.494 e. The molecule has 0 bridgehead atoms. The zero-order chi connectivity index (χ0) is 21.0. The third kappa shape index (κ3) is 5.09. The van der Waals surface area contributed by atoms with Gasteiger partial charge in [0.1, 0.15) is 23.6 Å². The first-order valence-electron chi connectivity index (χ1n) is 9.96. The van der Waals surface area contributed by atoms with Crippen LogP contribution in [0.4, 0.5) is 0 Å². The molecule has 2 N–H and O–H groups in total. The van der Waals surface area contributed by atoms with Gasteiger partial charge in [-0.2, -0.15) is 0 Å². The molecular weight excluding hydrogens is 388 g/mol. The van der Waals surface area contributed by atoms with Gasteiger partial charge >= 0.3 is 0 Å². The Morgan fingerprint density at radius 3 is 2.79 bits per heavy atom. The van der Waals surface area contributed by atoms with E-state index < -0.39 is 6.04 Å². The fourth-order valence-electron chi connectivity index (χ4n) is 3.36. The van der Waals surface area contributed by atoms with E-state index in [0.29, 0.717) is 18.0 Å². The number of hydrogen-bond acceptors (Lipinski definition) is 5. The molecule has 1 aromatic carbocycles. The van der Waals surface area contributed by atoms with E-state index in [9.17, 15) is 9.59 Å². The average molecular weight is 417 g/mol. The van der Waals surface area contributed by atoms with Gasteiger partial charge < -0.3 is 20.1 Å². The van der Waals surface area contributed by atoms with Gasteiger partial charge in [0.2, 0.25) is 5.91 Å². The Kier molecular flexibility index (Phi) is 6.79. The van der Waals surface area contributed by atoms with Crippen LogP contribution in [0, 0.1) is 5.92 Å². The van der Waals surface area contributed by atoms with Crippen molar-refractivity contribution in [3.8, 4) is 11.5 Å². The van der Waals surface area contributed by atoms with Crippen molar-refractivity contribution in [2.24, 2.45) is 5.92 Å². The van der Waals surface area contributed by atoms with E-state index in [1.54, 1.807) is 6.07 Å². The van der Waals surface area contributed by atoms with E-state index >= 15 is 0 Å². The van der Waals surface area contributed by atoms with Gasteiger partial charge in [-0.25, -0.2) is 0 Å². The number of carbonyl (C=O) groups excluding carboxylic acids is 2. The van der Waals surface area contributed by atoms with Crippen LogP contribution in [0.15, 0.2) is 29.6 Å². The van der Waals surface area contributed by atoms with Gasteiger partial charge in [-0.05, 0) is 43.3 Å². The molecule has 2 heterocycles. The van der Waals surface area contributed by atoms with Crippen molar-refractivity contribution in [1.82, 2.24) is 10.6 Å². The molecule has 0 spiro atoms. The van der Waals surface area contributed by atoms with E-state index in [-0.39, 0.29) is 23.8 Å². The third-order valence-corrected chi connectivity index (χ3v) is 5.68. The van der Waals surface area contributed by atoms with Crippen LogP contribution < -0.4 is 20.1 Å². The minimum Gasteiger partial charge on any atom is -0.494 e. The molecule has 2 atom stereocenters. The normalized spacial score (nSPS) is 16.1. The molecule has 7 heteroatoms. The Bertz CT molecular complexity index is 864. The van der Waals surface area contributed by atoms with E-state index in [2.05, 4.69) is 10.6 Å². The average Bonchev–Trinajstić information content (AvgIpc) is 3.32. The minimum atomic E-state index is -0.620. The summed E-state index contributed by atoms with van der Waals surface area (Å²) in [6.45, 7) is 8.64. The lowest BCUT2D eigenvalue weighted by atomic mass is 10.0. The molecule has 0 radical (unpaired) electrons. The monoisotopic (exact) mass is 416 g/mol. The lowest BCUT2D eigenvalue weighted by Gasteiger charge is -2.22. The summed E-state index contributed by atoms with van der Waals surface area (Å²) in [5.41, 5.74) is 1.99. The summed E-state index contributed by atoms with van der Waals surface area (Å²) in [7, 11) is 0. The second-order valence-corrected chi connectivity index (χ2v) is 8.47. The molecule has 29 heavy (non-hydrogen) atoms. The number of nitrogens with one attached hydrogen (secondary N) is 2. The number of amides is 2. The van der Waals surface area contributed by atoms with Gasteiger partial charge in [-0.3, -0.25) is 9.59 Å². The zero-order valence-corrected chi connectivity index (χ0v) is 18.1. The van der Waals surface area contributed by atoms with Crippen LogP contribution >= 0.6 is 11.3 Å². The lowest BCUT2D eigenvalue weighted by molar-refractivity contribution is -0.124. The Balaban J connectivity index is 1.69. The molecular formula is C22H28N2O4S. The standard InChI is InChI=1S/C22H28N2O4S/c1-5-27-17-10-15-9-14(4)28-18(15)11-16(17)12-23-22(26)20(13(2)3)24-21(25)19-7-6-8-29-19/h6-8,10-11,13-14,20H,5,9,12H2,1-4H3,(H,23,26)(H,24,25). The van der Waals surface area contributed by atoms with E-state index in [4.69, 9.17) is 9.47 Å². The van der Waals surface area contributed by atoms with Crippen LogP contribution in [0.5, 0.6) is 11.5 Å².